The van der Waals surface area contributed by atoms with Gasteiger partial charge in [-0.1, -0.05) is 0 Å². The van der Waals surface area contributed by atoms with Gasteiger partial charge in [0.25, 0.3) is 0 Å². The van der Waals surface area contributed by atoms with E-state index in [1.165, 1.54) is 36.8 Å². The molecule has 2 rings (SSSR count). The lowest BCUT2D eigenvalue weighted by atomic mass is 10.1. The summed E-state index contributed by atoms with van der Waals surface area (Å²) in [5.74, 6) is -0.524. The van der Waals surface area contributed by atoms with Crippen LogP contribution < -0.4 is 0 Å². The van der Waals surface area contributed by atoms with Crippen LogP contribution in [0.15, 0.2) is 24.4 Å². The molecule has 0 aliphatic rings. The molecule has 5 nitrogen and oxygen atoms in total. The molecule has 0 radical (unpaired) electrons. The first-order valence-corrected chi connectivity index (χ1v) is 5.75. The number of aromatic nitrogens is 1. The zero-order valence-electron chi connectivity index (χ0n) is 9.38. The zero-order valence-corrected chi connectivity index (χ0v) is 10.2. The van der Waals surface area contributed by atoms with Gasteiger partial charge in [0.05, 0.1) is 18.9 Å². The number of aromatic hydroxyl groups is 1. The Bertz CT molecular complexity index is 643. The molecule has 0 amide bonds. The summed E-state index contributed by atoms with van der Waals surface area (Å²) in [6.07, 6.45) is 1.42. The molecule has 0 bridgehead atoms. The van der Waals surface area contributed by atoms with Crippen molar-refractivity contribution < 1.29 is 14.6 Å². The monoisotopic (exact) mass is 260 g/mol. The highest BCUT2D eigenvalue weighted by Crippen LogP contribution is 2.29. The van der Waals surface area contributed by atoms with E-state index < -0.39 is 5.97 Å². The average Bonchev–Trinajstić information content (AvgIpc) is 2.88. The topological polar surface area (TPSA) is 83.2 Å². The van der Waals surface area contributed by atoms with Crippen LogP contribution in [0.1, 0.15) is 15.2 Å². The highest BCUT2D eigenvalue weighted by Gasteiger charge is 2.12. The SMILES string of the molecule is COC(=O)c1cnc(-c2ccc(O)c(C#N)c2)s1. The van der Waals surface area contributed by atoms with Crippen LogP contribution in [-0.4, -0.2) is 23.2 Å². The molecule has 0 saturated heterocycles. The van der Waals surface area contributed by atoms with E-state index in [4.69, 9.17) is 5.26 Å². The Hall–Kier alpha value is -2.39. The lowest BCUT2D eigenvalue weighted by Gasteiger charge is -1.99. The smallest absolute Gasteiger partial charge is 0.349 e. The molecular formula is C12H8N2O3S. The van der Waals surface area contributed by atoms with E-state index in [9.17, 15) is 9.90 Å². The molecule has 1 aromatic carbocycles. The lowest BCUT2D eigenvalue weighted by molar-refractivity contribution is 0.0606. The third-order valence-electron chi connectivity index (χ3n) is 2.26. The maximum absolute atomic E-state index is 11.3. The number of phenolic OH excluding ortho intramolecular Hbond substituents is 1. The molecule has 0 aliphatic carbocycles. The van der Waals surface area contributed by atoms with E-state index in [0.717, 1.165) is 0 Å². The van der Waals surface area contributed by atoms with Gasteiger partial charge in [0.15, 0.2) is 0 Å². The van der Waals surface area contributed by atoms with Crippen LogP contribution in [0.4, 0.5) is 0 Å². The van der Waals surface area contributed by atoms with Crippen LogP contribution in [0.5, 0.6) is 5.75 Å². The number of ether oxygens (including phenoxy) is 1. The molecular weight excluding hydrogens is 252 g/mol. The number of benzene rings is 1. The first kappa shape index (κ1) is 12.1. The van der Waals surface area contributed by atoms with Crippen LogP contribution in [0, 0.1) is 11.3 Å². The summed E-state index contributed by atoms with van der Waals surface area (Å²) in [6.45, 7) is 0. The number of nitriles is 1. The van der Waals surface area contributed by atoms with Gasteiger partial charge in [0.1, 0.15) is 21.7 Å². The summed E-state index contributed by atoms with van der Waals surface area (Å²) < 4.78 is 4.59. The highest BCUT2D eigenvalue weighted by atomic mass is 32.1. The molecule has 1 heterocycles. The number of esters is 1. The third-order valence-corrected chi connectivity index (χ3v) is 3.28. The Kier molecular flexibility index (Phi) is 3.26. The second-order valence-corrected chi connectivity index (χ2v) is 4.40. The summed E-state index contributed by atoms with van der Waals surface area (Å²) in [7, 11) is 1.30. The van der Waals surface area contributed by atoms with E-state index in [2.05, 4.69) is 9.72 Å². The van der Waals surface area contributed by atoms with Gasteiger partial charge in [0.2, 0.25) is 0 Å². The first-order chi connectivity index (χ1) is 8.65. The van der Waals surface area contributed by atoms with Gasteiger partial charge in [0, 0.05) is 5.56 Å². The maximum Gasteiger partial charge on any atom is 0.349 e. The van der Waals surface area contributed by atoms with Crippen molar-refractivity contribution in [3.05, 3.63) is 34.8 Å². The van der Waals surface area contributed by atoms with Gasteiger partial charge >= 0.3 is 5.97 Å². The van der Waals surface area contributed by atoms with Crippen LogP contribution in [-0.2, 0) is 4.74 Å². The van der Waals surface area contributed by atoms with Crippen molar-refractivity contribution in [2.24, 2.45) is 0 Å². The van der Waals surface area contributed by atoms with Gasteiger partial charge in [-0.15, -0.1) is 11.3 Å². The predicted octanol–water partition coefficient (Wildman–Crippen LogP) is 2.17. The van der Waals surface area contributed by atoms with Crippen molar-refractivity contribution in [3.8, 4) is 22.4 Å². The zero-order chi connectivity index (χ0) is 13.1. The summed E-state index contributed by atoms with van der Waals surface area (Å²) in [4.78, 5) is 15.8. The molecule has 0 aliphatic heterocycles. The van der Waals surface area contributed by atoms with Gasteiger partial charge in [-0.3, -0.25) is 0 Å². The van der Waals surface area contributed by atoms with Gasteiger partial charge < -0.3 is 9.84 Å². The van der Waals surface area contributed by atoms with Crippen LogP contribution in [0.3, 0.4) is 0 Å². The molecule has 0 atom stereocenters. The molecule has 18 heavy (non-hydrogen) atoms. The van der Waals surface area contributed by atoms with Crippen molar-refractivity contribution in [1.82, 2.24) is 4.98 Å². The number of carbonyl (C=O) groups is 1. The quantitative estimate of drug-likeness (QED) is 0.837. The molecule has 6 heteroatoms. The summed E-state index contributed by atoms with van der Waals surface area (Å²) in [5.41, 5.74) is 0.840. The van der Waals surface area contributed by atoms with Crippen molar-refractivity contribution >= 4 is 17.3 Å². The van der Waals surface area contributed by atoms with Crippen molar-refractivity contribution in [2.75, 3.05) is 7.11 Å². The minimum absolute atomic E-state index is 0.0778. The Morgan fingerprint density at radius 2 is 2.33 bits per heavy atom. The number of hydrogen-bond acceptors (Lipinski definition) is 6. The highest BCUT2D eigenvalue weighted by molar-refractivity contribution is 7.16. The number of thiazole rings is 1. The van der Waals surface area contributed by atoms with Crippen LogP contribution >= 0.6 is 11.3 Å². The van der Waals surface area contributed by atoms with E-state index in [1.807, 2.05) is 6.07 Å². The molecule has 1 N–H and O–H groups in total. The molecule has 2 aromatic rings. The lowest BCUT2D eigenvalue weighted by Crippen LogP contribution is -1.96. The van der Waals surface area contributed by atoms with E-state index in [-0.39, 0.29) is 11.3 Å². The summed E-state index contributed by atoms with van der Waals surface area (Å²) in [5, 5.41) is 18.8. The Morgan fingerprint density at radius 3 is 3.00 bits per heavy atom. The second kappa shape index (κ2) is 4.85. The minimum Gasteiger partial charge on any atom is -0.507 e. The standard InChI is InChI=1S/C12H8N2O3S/c1-17-12(16)10-6-14-11(18-10)7-2-3-9(15)8(4-7)5-13/h2-4,6,15H,1H3. The van der Waals surface area contributed by atoms with Gasteiger partial charge in [-0.05, 0) is 18.2 Å². The largest absolute Gasteiger partial charge is 0.507 e. The molecule has 0 saturated carbocycles. The molecule has 1 aromatic heterocycles. The van der Waals surface area contributed by atoms with Gasteiger partial charge in [-0.25, -0.2) is 9.78 Å². The number of methoxy groups -OCH3 is 1. The molecule has 0 unspecified atom stereocenters. The van der Waals surface area contributed by atoms with Crippen molar-refractivity contribution in [3.63, 3.8) is 0 Å². The fourth-order valence-electron chi connectivity index (χ4n) is 1.36. The van der Waals surface area contributed by atoms with Crippen molar-refractivity contribution in [1.29, 1.82) is 5.26 Å². The third kappa shape index (κ3) is 2.17. The second-order valence-electron chi connectivity index (χ2n) is 3.36. The maximum atomic E-state index is 11.3. The molecule has 0 spiro atoms. The Balaban J connectivity index is 2.41. The summed E-state index contributed by atoms with van der Waals surface area (Å²) in [6, 6.07) is 6.46. The minimum atomic E-state index is -0.446. The van der Waals surface area contributed by atoms with Gasteiger partial charge in [-0.2, -0.15) is 5.26 Å². The number of rotatable bonds is 2. The fraction of sp³-hybridized carbons (Fsp3) is 0.0833. The van der Waals surface area contributed by atoms with Crippen LogP contribution in [0.2, 0.25) is 0 Å². The first-order valence-electron chi connectivity index (χ1n) is 4.93. The molecule has 90 valence electrons. The Morgan fingerprint density at radius 1 is 1.56 bits per heavy atom. The summed E-state index contributed by atoms with van der Waals surface area (Å²) >= 11 is 1.17. The number of nitrogens with zero attached hydrogens (tertiary/aromatic N) is 2. The van der Waals surface area contributed by atoms with Crippen LogP contribution in [0.25, 0.3) is 10.6 Å². The van der Waals surface area contributed by atoms with Crippen molar-refractivity contribution in [2.45, 2.75) is 0 Å². The normalized spacial score (nSPS) is 9.78. The van der Waals surface area contributed by atoms with E-state index >= 15 is 0 Å². The fourth-order valence-corrected chi connectivity index (χ4v) is 2.19. The average molecular weight is 260 g/mol. The Labute approximate surface area is 107 Å². The number of carbonyl (C=O) groups excluding carboxylic acids is 1. The number of phenols is 1. The van der Waals surface area contributed by atoms with E-state index in [0.29, 0.717) is 15.4 Å². The number of hydrogen-bond donors (Lipinski definition) is 1. The molecule has 0 fully saturated rings. The predicted molar refractivity (Wildman–Crippen MR) is 65.3 cm³/mol. The van der Waals surface area contributed by atoms with E-state index in [1.54, 1.807) is 6.07 Å².